The van der Waals surface area contributed by atoms with Gasteiger partial charge in [0.15, 0.2) is 16.7 Å². The summed E-state index contributed by atoms with van der Waals surface area (Å²) in [6, 6.07) is 7.42. The van der Waals surface area contributed by atoms with Gasteiger partial charge in [0.05, 0.1) is 5.39 Å². The third-order valence-electron chi connectivity index (χ3n) is 4.63. The van der Waals surface area contributed by atoms with E-state index in [0.29, 0.717) is 22.6 Å². The molecule has 4 aromatic rings. The molecule has 0 saturated heterocycles. The van der Waals surface area contributed by atoms with Gasteiger partial charge in [0.25, 0.3) is 0 Å². The fourth-order valence-corrected chi connectivity index (χ4v) is 4.78. The second-order valence-electron chi connectivity index (χ2n) is 6.38. The lowest BCUT2D eigenvalue weighted by Crippen LogP contribution is -2.00. The van der Waals surface area contributed by atoms with Gasteiger partial charge in [-0.3, -0.25) is 4.98 Å². The average Bonchev–Trinajstić information content (AvgIpc) is 3.09. The molecule has 4 aromatic heterocycles. The van der Waals surface area contributed by atoms with Crippen molar-refractivity contribution in [2.24, 2.45) is 0 Å². The molecular formula is C20H15ClN4OS. The quantitative estimate of drug-likeness (QED) is 0.431. The molecule has 0 N–H and O–H groups in total. The lowest BCUT2D eigenvalue weighted by atomic mass is 9.97. The standard InChI is InChI=1S/C20H15ClN4OS/c21-17-14(7-4-10-23-17)26-19-16-13-6-1-2-8-15(13)27-20(16)25-18(24-19)12-5-3-9-22-11-12/h3-5,7,9-11H,1-2,6,8H2. The van der Waals surface area contributed by atoms with Crippen molar-refractivity contribution >= 4 is 33.2 Å². The van der Waals surface area contributed by atoms with E-state index in [2.05, 4.69) is 9.97 Å². The highest BCUT2D eigenvalue weighted by molar-refractivity contribution is 7.18. The Bertz CT molecular complexity index is 1130. The number of nitrogens with zero attached hydrogens (tertiary/aromatic N) is 4. The monoisotopic (exact) mass is 394 g/mol. The summed E-state index contributed by atoms with van der Waals surface area (Å²) >= 11 is 7.95. The van der Waals surface area contributed by atoms with Gasteiger partial charge in [0.1, 0.15) is 4.83 Å². The minimum Gasteiger partial charge on any atom is -0.435 e. The molecule has 27 heavy (non-hydrogen) atoms. The number of aryl methyl sites for hydroxylation is 2. The summed E-state index contributed by atoms with van der Waals surface area (Å²) in [5, 5.41) is 1.32. The summed E-state index contributed by atoms with van der Waals surface area (Å²) < 4.78 is 6.15. The zero-order valence-corrected chi connectivity index (χ0v) is 15.9. The molecule has 0 fully saturated rings. The molecule has 7 heteroatoms. The third kappa shape index (κ3) is 3.05. The van der Waals surface area contributed by atoms with Gasteiger partial charge in [-0.2, -0.15) is 4.98 Å². The van der Waals surface area contributed by atoms with E-state index in [1.165, 1.54) is 23.3 Å². The summed E-state index contributed by atoms with van der Waals surface area (Å²) in [6.45, 7) is 0. The van der Waals surface area contributed by atoms with Gasteiger partial charge in [0, 0.05) is 29.0 Å². The van der Waals surface area contributed by atoms with Crippen molar-refractivity contribution in [3.8, 4) is 23.0 Å². The molecule has 1 aliphatic rings. The Morgan fingerprint density at radius 3 is 2.78 bits per heavy atom. The Kier molecular flexibility index (Phi) is 4.22. The predicted octanol–water partition coefficient (Wildman–Crippen LogP) is 5.47. The number of pyridine rings is 2. The van der Waals surface area contributed by atoms with E-state index in [4.69, 9.17) is 26.3 Å². The summed E-state index contributed by atoms with van der Waals surface area (Å²) in [6.07, 6.45) is 9.64. The Hall–Kier alpha value is -2.57. The second kappa shape index (κ2) is 6.87. The van der Waals surface area contributed by atoms with E-state index in [9.17, 15) is 0 Å². The molecule has 0 radical (unpaired) electrons. The van der Waals surface area contributed by atoms with Crippen LogP contribution in [0.25, 0.3) is 21.6 Å². The smallest absolute Gasteiger partial charge is 0.232 e. The van der Waals surface area contributed by atoms with Crippen LogP contribution in [0.4, 0.5) is 0 Å². The normalized spacial score (nSPS) is 13.5. The van der Waals surface area contributed by atoms with Gasteiger partial charge in [-0.15, -0.1) is 11.3 Å². The number of aromatic nitrogens is 4. The maximum atomic E-state index is 6.21. The van der Waals surface area contributed by atoms with Crippen LogP contribution in [-0.4, -0.2) is 19.9 Å². The van der Waals surface area contributed by atoms with Gasteiger partial charge in [-0.25, -0.2) is 9.97 Å². The second-order valence-corrected chi connectivity index (χ2v) is 7.82. The fourth-order valence-electron chi connectivity index (χ4n) is 3.37. The van der Waals surface area contributed by atoms with Gasteiger partial charge >= 0.3 is 0 Å². The Labute approximate surface area is 165 Å². The highest BCUT2D eigenvalue weighted by Crippen LogP contribution is 2.42. The molecule has 4 heterocycles. The Morgan fingerprint density at radius 1 is 1.04 bits per heavy atom. The minimum atomic E-state index is 0.316. The van der Waals surface area contributed by atoms with Crippen LogP contribution in [0.15, 0.2) is 42.9 Å². The first-order valence-electron chi connectivity index (χ1n) is 8.80. The zero-order chi connectivity index (χ0) is 18.2. The molecule has 5 rings (SSSR count). The van der Waals surface area contributed by atoms with Crippen LogP contribution in [0.3, 0.4) is 0 Å². The van der Waals surface area contributed by atoms with Crippen LogP contribution in [-0.2, 0) is 12.8 Å². The van der Waals surface area contributed by atoms with Crippen molar-refractivity contribution in [2.45, 2.75) is 25.7 Å². The van der Waals surface area contributed by atoms with Crippen LogP contribution in [0.5, 0.6) is 11.6 Å². The predicted molar refractivity (Wildman–Crippen MR) is 107 cm³/mol. The SMILES string of the molecule is Clc1ncccc1Oc1nc(-c2cccnc2)nc2sc3c(c12)CCCC3. The topological polar surface area (TPSA) is 60.8 Å². The van der Waals surface area contributed by atoms with Gasteiger partial charge in [0.2, 0.25) is 5.88 Å². The van der Waals surface area contributed by atoms with Crippen LogP contribution < -0.4 is 4.74 Å². The number of fused-ring (bicyclic) bond motifs is 3. The lowest BCUT2D eigenvalue weighted by molar-refractivity contribution is 0.466. The zero-order valence-electron chi connectivity index (χ0n) is 14.4. The van der Waals surface area contributed by atoms with Gasteiger partial charge in [-0.1, -0.05) is 11.6 Å². The van der Waals surface area contributed by atoms with Crippen molar-refractivity contribution in [3.63, 3.8) is 0 Å². The number of halogens is 1. The van der Waals surface area contributed by atoms with Crippen molar-refractivity contribution in [2.75, 3.05) is 0 Å². The highest BCUT2D eigenvalue weighted by Gasteiger charge is 2.23. The molecule has 0 aliphatic heterocycles. The largest absolute Gasteiger partial charge is 0.435 e. The van der Waals surface area contributed by atoms with E-state index in [0.717, 1.165) is 28.6 Å². The Morgan fingerprint density at radius 2 is 1.93 bits per heavy atom. The first kappa shape index (κ1) is 16.6. The van der Waals surface area contributed by atoms with E-state index in [-0.39, 0.29) is 0 Å². The molecule has 0 amide bonds. The van der Waals surface area contributed by atoms with E-state index < -0.39 is 0 Å². The number of ether oxygens (including phenoxy) is 1. The molecule has 0 unspecified atom stereocenters. The van der Waals surface area contributed by atoms with Crippen LogP contribution in [0.2, 0.25) is 5.15 Å². The fraction of sp³-hybridized carbons (Fsp3) is 0.200. The minimum absolute atomic E-state index is 0.316. The summed E-state index contributed by atoms with van der Waals surface area (Å²) in [5.41, 5.74) is 2.17. The number of hydrogen-bond donors (Lipinski definition) is 0. The van der Waals surface area contributed by atoms with Crippen molar-refractivity contribution < 1.29 is 4.74 Å². The van der Waals surface area contributed by atoms with Crippen molar-refractivity contribution in [1.82, 2.24) is 19.9 Å². The van der Waals surface area contributed by atoms with Crippen molar-refractivity contribution in [3.05, 3.63) is 58.4 Å². The van der Waals surface area contributed by atoms with Gasteiger partial charge < -0.3 is 4.74 Å². The molecule has 0 aromatic carbocycles. The molecular weight excluding hydrogens is 380 g/mol. The third-order valence-corrected chi connectivity index (χ3v) is 6.10. The van der Waals surface area contributed by atoms with E-state index in [1.54, 1.807) is 42.1 Å². The van der Waals surface area contributed by atoms with Crippen LogP contribution in [0.1, 0.15) is 23.3 Å². The molecule has 0 atom stereocenters. The van der Waals surface area contributed by atoms with E-state index >= 15 is 0 Å². The van der Waals surface area contributed by atoms with Crippen LogP contribution >= 0.6 is 22.9 Å². The lowest BCUT2D eigenvalue weighted by Gasteiger charge is -2.13. The Balaban J connectivity index is 1.72. The maximum absolute atomic E-state index is 6.21. The van der Waals surface area contributed by atoms with Crippen LogP contribution in [0, 0.1) is 0 Å². The number of hydrogen-bond acceptors (Lipinski definition) is 6. The van der Waals surface area contributed by atoms with E-state index in [1.807, 2.05) is 12.1 Å². The molecule has 134 valence electrons. The summed E-state index contributed by atoms with van der Waals surface area (Å²) in [4.78, 5) is 20.2. The summed E-state index contributed by atoms with van der Waals surface area (Å²) in [7, 11) is 0. The molecule has 1 aliphatic carbocycles. The first-order valence-corrected chi connectivity index (χ1v) is 10.00. The highest BCUT2D eigenvalue weighted by atomic mass is 35.5. The molecule has 5 nitrogen and oxygen atoms in total. The first-order chi connectivity index (χ1) is 13.3. The maximum Gasteiger partial charge on any atom is 0.232 e. The molecule has 0 saturated carbocycles. The summed E-state index contributed by atoms with van der Waals surface area (Å²) in [5.74, 6) is 1.63. The average molecular weight is 395 g/mol. The molecule has 0 spiro atoms. The van der Waals surface area contributed by atoms with Gasteiger partial charge in [-0.05, 0) is 55.5 Å². The number of rotatable bonds is 3. The number of thiophene rings is 1. The van der Waals surface area contributed by atoms with Crippen molar-refractivity contribution in [1.29, 1.82) is 0 Å². The molecule has 0 bridgehead atoms.